The van der Waals surface area contributed by atoms with Crippen LogP contribution >= 0.6 is 0 Å². The van der Waals surface area contributed by atoms with Gasteiger partial charge in [-0.05, 0) is 46.1 Å². The lowest BCUT2D eigenvalue weighted by Gasteiger charge is -2.38. The third-order valence-corrected chi connectivity index (χ3v) is 5.64. The molecule has 8 heteroatoms. The third-order valence-electron chi connectivity index (χ3n) is 5.64. The van der Waals surface area contributed by atoms with E-state index < -0.39 is 41.8 Å². The smallest absolute Gasteiger partial charge is 0.410 e. The van der Waals surface area contributed by atoms with Gasteiger partial charge in [-0.25, -0.2) is 9.59 Å². The highest BCUT2D eigenvalue weighted by Crippen LogP contribution is 2.33. The van der Waals surface area contributed by atoms with Crippen LogP contribution in [0, 0.1) is 5.92 Å². The molecule has 1 fully saturated rings. The molecule has 1 aromatic rings. The van der Waals surface area contributed by atoms with Gasteiger partial charge < -0.3 is 19.1 Å². The van der Waals surface area contributed by atoms with Crippen molar-refractivity contribution in [3.8, 4) is 0 Å². The van der Waals surface area contributed by atoms with E-state index in [1.165, 1.54) is 9.80 Å². The predicted molar refractivity (Wildman–Crippen MR) is 134 cm³/mol. The van der Waals surface area contributed by atoms with Gasteiger partial charge in [0.2, 0.25) is 0 Å². The van der Waals surface area contributed by atoms with Crippen molar-refractivity contribution in [2.75, 3.05) is 19.7 Å². The van der Waals surface area contributed by atoms with E-state index in [2.05, 4.69) is 13.2 Å². The van der Waals surface area contributed by atoms with Crippen molar-refractivity contribution in [2.45, 2.75) is 64.8 Å². The second-order valence-electron chi connectivity index (χ2n) is 9.38. The summed E-state index contributed by atoms with van der Waals surface area (Å²) in [5, 5.41) is 0. The second-order valence-corrected chi connectivity index (χ2v) is 9.38. The topological polar surface area (TPSA) is 85.4 Å². The molecule has 8 nitrogen and oxygen atoms in total. The Bertz CT molecular complexity index is 879. The van der Waals surface area contributed by atoms with Crippen LogP contribution in [0.5, 0.6) is 0 Å². The molecule has 0 saturated carbocycles. The first-order valence-electron chi connectivity index (χ1n) is 12.0. The summed E-state index contributed by atoms with van der Waals surface area (Å²) in [4.78, 5) is 42.4. The van der Waals surface area contributed by atoms with E-state index in [0.717, 1.165) is 5.56 Å². The first-order valence-corrected chi connectivity index (χ1v) is 12.0. The first kappa shape index (κ1) is 28.0. The summed E-state index contributed by atoms with van der Waals surface area (Å²) in [6.45, 7) is 15.5. The fraction of sp³-hybridized carbons (Fsp3) is 0.519. The maximum atomic E-state index is 13.2. The number of nitrogens with zero attached hydrogens (tertiary/aromatic N) is 2. The molecular formula is C27H38N2O6. The lowest BCUT2D eigenvalue weighted by atomic mass is 9.90. The van der Waals surface area contributed by atoms with Crippen molar-refractivity contribution in [1.82, 2.24) is 9.80 Å². The third kappa shape index (κ3) is 7.87. The molecular weight excluding hydrogens is 448 g/mol. The monoisotopic (exact) mass is 486 g/mol. The number of carbonyl (C=O) groups excluding carboxylic acids is 3. The highest BCUT2D eigenvalue weighted by atomic mass is 16.6. The normalized spacial score (nSPS) is 18.3. The molecule has 1 aromatic carbocycles. The molecule has 0 spiro atoms. The Labute approximate surface area is 208 Å². The molecule has 1 saturated heterocycles. The second kappa shape index (κ2) is 13.0. The van der Waals surface area contributed by atoms with Gasteiger partial charge in [0.25, 0.3) is 0 Å². The van der Waals surface area contributed by atoms with Crippen molar-refractivity contribution in [2.24, 2.45) is 5.92 Å². The van der Waals surface area contributed by atoms with Gasteiger partial charge >= 0.3 is 18.2 Å². The van der Waals surface area contributed by atoms with Gasteiger partial charge in [-0.1, -0.05) is 42.5 Å². The van der Waals surface area contributed by atoms with Gasteiger partial charge in [0, 0.05) is 13.1 Å². The van der Waals surface area contributed by atoms with Crippen LogP contribution in [0.4, 0.5) is 9.59 Å². The minimum absolute atomic E-state index is 0.0987. The van der Waals surface area contributed by atoms with Crippen LogP contribution in [0.3, 0.4) is 0 Å². The standard InChI is InChI=1S/C27H38N2O6/c1-7-13-21(24(30)33-9-3)23-22(28(17-8-2)26(32)35-27(4,5)6)16-18-29(23)25(31)34-19-20-14-11-10-12-15-20/h7-8,10-12,14-15,21-23H,1-2,9,13,16-19H2,3-6H3/t21-,22+,23-/m1/s1. The van der Waals surface area contributed by atoms with Gasteiger partial charge in [0.05, 0.1) is 24.6 Å². The lowest BCUT2D eigenvalue weighted by molar-refractivity contribution is -0.150. The zero-order valence-corrected chi connectivity index (χ0v) is 21.3. The molecule has 0 radical (unpaired) electrons. The molecule has 0 N–H and O–H groups in total. The highest BCUT2D eigenvalue weighted by Gasteiger charge is 2.49. The number of likely N-dealkylation sites (tertiary alicyclic amines) is 1. The average molecular weight is 487 g/mol. The largest absolute Gasteiger partial charge is 0.466 e. The molecule has 2 rings (SSSR count). The van der Waals surface area contributed by atoms with E-state index in [1.54, 1.807) is 39.8 Å². The van der Waals surface area contributed by atoms with Gasteiger partial charge in [-0.3, -0.25) is 9.69 Å². The summed E-state index contributed by atoms with van der Waals surface area (Å²) in [7, 11) is 0. The van der Waals surface area contributed by atoms with Crippen LogP contribution in [0.15, 0.2) is 55.6 Å². The fourth-order valence-electron chi connectivity index (χ4n) is 4.25. The highest BCUT2D eigenvalue weighted by molar-refractivity contribution is 5.77. The van der Waals surface area contributed by atoms with Crippen LogP contribution in [0.25, 0.3) is 0 Å². The molecule has 0 bridgehead atoms. The zero-order chi connectivity index (χ0) is 26.0. The minimum atomic E-state index is -0.723. The fourth-order valence-corrected chi connectivity index (χ4v) is 4.25. The Hall–Kier alpha value is -3.29. The Morgan fingerprint density at radius 1 is 1.14 bits per heavy atom. The van der Waals surface area contributed by atoms with Gasteiger partial charge in [-0.15, -0.1) is 13.2 Å². The number of amides is 2. The molecule has 2 amide bonds. The Morgan fingerprint density at radius 3 is 2.40 bits per heavy atom. The number of allylic oxidation sites excluding steroid dienone is 1. The molecule has 192 valence electrons. The van der Waals surface area contributed by atoms with E-state index >= 15 is 0 Å². The van der Waals surface area contributed by atoms with Crippen molar-refractivity contribution in [3.05, 3.63) is 61.2 Å². The number of hydrogen-bond acceptors (Lipinski definition) is 6. The van der Waals surface area contributed by atoms with Crippen molar-refractivity contribution < 1.29 is 28.6 Å². The summed E-state index contributed by atoms with van der Waals surface area (Å²) >= 11 is 0. The van der Waals surface area contributed by atoms with Crippen molar-refractivity contribution >= 4 is 18.2 Å². The van der Waals surface area contributed by atoms with E-state index in [-0.39, 0.29) is 26.2 Å². The van der Waals surface area contributed by atoms with Crippen LogP contribution in [0.1, 0.15) is 46.1 Å². The molecule has 0 aromatic heterocycles. The molecule has 1 heterocycles. The molecule has 35 heavy (non-hydrogen) atoms. The molecule has 1 aliphatic heterocycles. The Morgan fingerprint density at radius 2 is 1.83 bits per heavy atom. The summed E-state index contributed by atoms with van der Waals surface area (Å²) < 4.78 is 16.6. The van der Waals surface area contributed by atoms with E-state index in [4.69, 9.17) is 14.2 Å². The molecule has 1 aliphatic rings. The predicted octanol–water partition coefficient (Wildman–Crippen LogP) is 4.94. The summed E-state index contributed by atoms with van der Waals surface area (Å²) in [6.07, 6.45) is 2.86. The minimum Gasteiger partial charge on any atom is -0.466 e. The van der Waals surface area contributed by atoms with Crippen LogP contribution in [-0.2, 0) is 25.6 Å². The van der Waals surface area contributed by atoms with Gasteiger partial charge in [0.1, 0.15) is 12.2 Å². The quantitative estimate of drug-likeness (QED) is 0.264. The Kier molecular flexibility index (Phi) is 10.4. The number of hydrogen-bond donors (Lipinski definition) is 0. The zero-order valence-electron chi connectivity index (χ0n) is 21.3. The lowest BCUT2D eigenvalue weighted by Crippen LogP contribution is -2.55. The van der Waals surface area contributed by atoms with E-state index in [1.807, 2.05) is 30.3 Å². The number of carbonyl (C=O) groups is 3. The van der Waals surface area contributed by atoms with Crippen molar-refractivity contribution in [3.63, 3.8) is 0 Å². The number of ether oxygens (including phenoxy) is 3. The van der Waals surface area contributed by atoms with Gasteiger partial charge in [-0.2, -0.15) is 0 Å². The summed E-state index contributed by atoms with van der Waals surface area (Å²) in [5.41, 5.74) is 0.142. The average Bonchev–Trinajstić information content (AvgIpc) is 3.23. The number of rotatable bonds is 10. The maximum Gasteiger partial charge on any atom is 0.410 e. The number of benzene rings is 1. The first-order chi connectivity index (χ1) is 16.6. The molecule has 3 atom stereocenters. The molecule has 0 unspecified atom stereocenters. The summed E-state index contributed by atoms with van der Waals surface area (Å²) in [5.74, 6) is -1.17. The molecule has 0 aliphatic carbocycles. The SMILES string of the molecule is C=CC[C@@H](C(=O)OCC)[C@@H]1[C@@H](N(CC=C)C(=O)OC(C)(C)C)CCN1C(=O)OCc1ccccc1. The Balaban J connectivity index is 2.38. The maximum absolute atomic E-state index is 13.2. The van der Waals surface area contributed by atoms with E-state index in [0.29, 0.717) is 13.0 Å². The van der Waals surface area contributed by atoms with Crippen LogP contribution in [-0.4, -0.2) is 65.3 Å². The van der Waals surface area contributed by atoms with E-state index in [9.17, 15) is 14.4 Å². The van der Waals surface area contributed by atoms with Crippen LogP contribution < -0.4 is 0 Å². The van der Waals surface area contributed by atoms with Crippen molar-refractivity contribution in [1.29, 1.82) is 0 Å². The van der Waals surface area contributed by atoms with Crippen LogP contribution in [0.2, 0.25) is 0 Å². The summed E-state index contributed by atoms with van der Waals surface area (Å²) in [6, 6.07) is 8.18. The number of esters is 1. The van der Waals surface area contributed by atoms with Gasteiger partial charge in [0.15, 0.2) is 0 Å².